The Balaban J connectivity index is 1.69. The average molecular weight is 379 g/mol. The van der Waals surface area contributed by atoms with Gasteiger partial charge in [-0.05, 0) is 12.1 Å². The highest BCUT2D eigenvalue weighted by molar-refractivity contribution is 7.86. The zero-order chi connectivity index (χ0) is 18.9. The van der Waals surface area contributed by atoms with Gasteiger partial charge in [0.15, 0.2) is 0 Å². The highest BCUT2D eigenvalue weighted by Crippen LogP contribution is 2.10. The molecule has 1 aromatic heterocycles. The van der Waals surface area contributed by atoms with Crippen LogP contribution in [0.5, 0.6) is 0 Å². The Hall–Kier alpha value is -2.30. The van der Waals surface area contributed by atoms with Crippen molar-refractivity contribution in [2.75, 3.05) is 40.3 Å². The summed E-state index contributed by atoms with van der Waals surface area (Å²) < 4.78 is 28.0. The first-order chi connectivity index (χ1) is 12.3. The van der Waals surface area contributed by atoms with Gasteiger partial charge >= 0.3 is 0 Å². The van der Waals surface area contributed by atoms with Gasteiger partial charge in [0.1, 0.15) is 6.54 Å². The van der Waals surface area contributed by atoms with Gasteiger partial charge in [0.05, 0.1) is 17.2 Å². The molecule has 10 heteroatoms. The third-order valence-corrected chi connectivity index (χ3v) is 6.36. The molecule has 0 aliphatic carbocycles. The fourth-order valence-electron chi connectivity index (χ4n) is 2.86. The van der Waals surface area contributed by atoms with Gasteiger partial charge in [-0.2, -0.15) is 17.0 Å². The SMILES string of the molecule is CN(C)S(=O)(=O)N1CCN(C(=O)Cn2cnc3ccccc3c2=O)CC1. The summed E-state index contributed by atoms with van der Waals surface area (Å²) in [6.07, 6.45) is 1.37. The standard InChI is InChI=1S/C16H21N5O4S/c1-18(2)26(24,25)21-9-7-19(8-10-21)15(22)11-20-12-17-14-6-4-3-5-13(14)16(20)23/h3-6,12H,7-11H2,1-2H3. The van der Waals surface area contributed by atoms with Crippen LogP contribution in [0.3, 0.4) is 0 Å². The molecule has 140 valence electrons. The molecule has 0 atom stereocenters. The van der Waals surface area contributed by atoms with Crippen LogP contribution in [0.1, 0.15) is 0 Å². The lowest BCUT2D eigenvalue weighted by molar-refractivity contribution is -0.133. The Morgan fingerprint density at radius 2 is 1.81 bits per heavy atom. The first-order valence-corrected chi connectivity index (χ1v) is 9.60. The number of hydrogen-bond acceptors (Lipinski definition) is 5. The van der Waals surface area contributed by atoms with Gasteiger partial charge in [-0.3, -0.25) is 14.2 Å². The normalized spacial score (nSPS) is 16.3. The van der Waals surface area contributed by atoms with Crippen LogP contribution in [-0.4, -0.2) is 77.7 Å². The maximum absolute atomic E-state index is 12.5. The zero-order valence-electron chi connectivity index (χ0n) is 14.7. The summed E-state index contributed by atoms with van der Waals surface area (Å²) in [5.74, 6) is -0.230. The number of piperazine rings is 1. The van der Waals surface area contributed by atoms with Crippen molar-refractivity contribution in [1.29, 1.82) is 0 Å². The molecule has 0 spiro atoms. The first-order valence-electron chi connectivity index (χ1n) is 8.20. The average Bonchev–Trinajstić information content (AvgIpc) is 2.64. The molecule has 0 saturated carbocycles. The van der Waals surface area contributed by atoms with Gasteiger partial charge in [-0.15, -0.1) is 0 Å². The lowest BCUT2D eigenvalue weighted by Gasteiger charge is -2.35. The quantitative estimate of drug-likeness (QED) is 0.703. The fraction of sp³-hybridized carbons (Fsp3) is 0.438. The van der Waals surface area contributed by atoms with E-state index in [1.165, 1.54) is 29.3 Å². The van der Waals surface area contributed by atoms with E-state index in [-0.39, 0.29) is 31.1 Å². The van der Waals surface area contributed by atoms with Crippen LogP contribution >= 0.6 is 0 Å². The number of benzene rings is 1. The van der Waals surface area contributed by atoms with E-state index >= 15 is 0 Å². The van der Waals surface area contributed by atoms with Crippen LogP contribution < -0.4 is 5.56 Å². The monoisotopic (exact) mass is 379 g/mol. The van der Waals surface area contributed by atoms with Gasteiger partial charge in [0.2, 0.25) is 5.91 Å². The lowest BCUT2D eigenvalue weighted by Crippen LogP contribution is -2.53. The molecule has 2 heterocycles. The minimum atomic E-state index is -3.48. The van der Waals surface area contributed by atoms with Crippen molar-refractivity contribution in [2.45, 2.75) is 6.54 Å². The lowest BCUT2D eigenvalue weighted by atomic mass is 10.2. The number of rotatable bonds is 4. The Morgan fingerprint density at radius 3 is 2.46 bits per heavy atom. The number of hydrogen-bond donors (Lipinski definition) is 0. The van der Waals surface area contributed by atoms with Crippen LogP contribution in [0.2, 0.25) is 0 Å². The predicted octanol–water partition coefficient (Wildman–Crippen LogP) is -0.653. The molecule has 3 rings (SSSR count). The van der Waals surface area contributed by atoms with Gasteiger partial charge < -0.3 is 4.90 Å². The van der Waals surface area contributed by atoms with Crippen molar-refractivity contribution in [3.63, 3.8) is 0 Å². The van der Waals surface area contributed by atoms with Crippen LogP contribution in [0.15, 0.2) is 35.4 Å². The molecule has 1 amide bonds. The number of carbonyl (C=O) groups is 1. The summed E-state index contributed by atoms with van der Waals surface area (Å²) in [6.45, 7) is 0.939. The maximum Gasteiger partial charge on any atom is 0.281 e. The third kappa shape index (κ3) is 3.48. The van der Waals surface area contributed by atoms with Gasteiger partial charge in [0, 0.05) is 40.3 Å². The number of para-hydroxylation sites is 1. The first kappa shape index (κ1) is 18.5. The van der Waals surface area contributed by atoms with Gasteiger partial charge in [-0.1, -0.05) is 12.1 Å². The summed E-state index contributed by atoms with van der Waals surface area (Å²) in [6, 6.07) is 6.97. The van der Waals surface area contributed by atoms with Gasteiger partial charge in [-0.25, -0.2) is 4.98 Å². The topological polar surface area (TPSA) is 95.8 Å². The molecule has 26 heavy (non-hydrogen) atoms. The van der Waals surface area contributed by atoms with E-state index in [1.54, 1.807) is 29.2 Å². The number of amides is 1. The summed E-state index contributed by atoms with van der Waals surface area (Å²) in [5, 5.41) is 0.463. The zero-order valence-corrected chi connectivity index (χ0v) is 15.5. The molecule has 9 nitrogen and oxygen atoms in total. The Bertz CT molecular complexity index is 978. The second-order valence-corrected chi connectivity index (χ2v) is 8.41. The van der Waals surface area contributed by atoms with Crippen molar-refractivity contribution >= 4 is 27.0 Å². The third-order valence-electron chi connectivity index (χ3n) is 4.42. The minimum absolute atomic E-state index is 0.114. The van der Waals surface area contributed by atoms with E-state index in [4.69, 9.17) is 0 Å². The molecule has 0 bridgehead atoms. The highest BCUT2D eigenvalue weighted by atomic mass is 32.2. The van der Waals surface area contributed by atoms with Crippen LogP contribution in [-0.2, 0) is 21.5 Å². The second-order valence-electron chi connectivity index (χ2n) is 6.26. The van der Waals surface area contributed by atoms with Crippen LogP contribution in [0.4, 0.5) is 0 Å². The molecule has 2 aromatic rings. The highest BCUT2D eigenvalue weighted by Gasteiger charge is 2.30. The van der Waals surface area contributed by atoms with Crippen LogP contribution in [0.25, 0.3) is 10.9 Å². The molecule has 1 aliphatic rings. The smallest absolute Gasteiger partial charge is 0.281 e. The van der Waals surface area contributed by atoms with E-state index < -0.39 is 10.2 Å². The molecule has 1 aromatic carbocycles. The van der Waals surface area contributed by atoms with Crippen molar-refractivity contribution in [2.24, 2.45) is 0 Å². The van der Waals surface area contributed by atoms with E-state index in [0.717, 1.165) is 4.31 Å². The summed E-state index contributed by atoms with van der Waals surface area (Å²) >= 11 is 0. The second kappa shape index (κ2) is 7.14. The van der Waals surface area contributed by atoms with Gasteiger partial charge in [0.25, 0.3) is 15.8 Å². The molecule has 0 N–H and O–H groups in total. The molecular weight excluding hydrogens is 358 g/mol. The van der Waals surface area contributed by atoms with Crippen molar-refractivity contribution in [3.8, 4) is 0 Å². The number of aromatic nitrogens is 2. The summed E-state index contributed by atoms with van der Waals surface area (Å²) in [4.78, 5) is 30.7. The van der Waals surface area contributed by atoms with E-state index in [0.29, 0.717) is 24.0 Å². The molecule has 1 saturated heterocycles. The largest absolute Gasteiger partial charge is 0.338 e. The fourth-order valence-corrected chi connectivity index (χ4v) is 3.95. The molecular formula is C16H21N5O4S. The van der Waals surface area contributed by atoms with Crippen molar-refractivity contribution < 1.29 is 13.2 Å². The summed E-state index contributed by atoms with van der Waals surface area (Å²) in [7, 11) is -0.519. The number of fused-ring (bicyclic) bond motifs is 1. The molecule has 0 radical (unpaired) electrons. The Kier molecular flexibility index (Phi) is 5.08. The summed E-state index contributed by atoms with van der Waals surface area (Å²) in [5.41, 5.74) is 0.321. The number of nitrogens with zero attached hydrogens (tertiary/aromatic N) is 5. The molecule has 0 unspecified atom stereocenters. The van der Waals surface area contributed by atoms with Crippen molar-refractivity contribution in [3.05, 3.63) is 40.9 Å². The van der Waals surface area contributed by atoms with Crippen molar-refractivity contribution in [1.82, 2.24) is 23.1 Å². The molecule has 1 aliphatic heterocycles. The Morgan fingerprint density at radius 1 is 1.15 bits per heavy atom. The van der Waals surface area contributed by atoms with E-state index in [9.17, 15) is 18.0 Å². The minimum Gasteiger partial charge on any atom is -0.338 e. The number of carbonyl (C=O) groups excluding carboxylic acids is 1. The maximum atomic E-state index is 12.5. The predicted molar refractivity (Wildman–Crippen MR) is 96.8 cm³/mol. The molecule has 1 fully saturated rings. The van der Waals surface area contributed by atoms with E-state index in [1.807, 2.05) is 0 Å². The van der Waals surface area contributed by atoms with E-state index in [2.05, 4.69) is 4.98 Å². The van der Waals surface area contributed by atoms with Crippen LogP contribution in [0, 0.1) is 0 Å². The Labute approximate surface area is 151 Å².